The van der Waals surface area contributed by atoms with E-state index in [-0.39, 0.29) is 19.4 Å². The van der Waals surface area contributed by atoms with Crippen molar-refractivity contribution in [2.24, 2.45) is 0 Å². The van der Waals surface area contributed by atoms with Gasteiger partial charge in [0.15, 0.2) is 0 Å². The minimum Gasteiger partial charge on any atom is -0.299 e. The Balaban J connectivity index is 1.95. The van der Waals surface area contributed by atoms with Gasteiger partial charge in [0, 0.05) is 6.54 Å². The maximum Gasteiger partial charge on any atom is 0.406 e. The van der Waals surface area contributed by atoms with Crippen molar-refractivity contribution in [3.8, 4) is 0 Å². The fourth-order valence-electron chi connectivity index (χ4n) is 1.98. The molecule has 0 saturated heterocycles. The predicted molar refractivity (Wildman–Crippen MR) is 65.4 cm³/mol. The lowest BCUT2D eigenvalue weighted by molar-refractivity contribution is -0.166. The molecule has 0 amide bonds. The average Bonchev–Trinajstić information content (AvgIpc) is 3.07. The summed E-state index contributed by atoms with van der Waals surface area (Å²) < 4.78 is 38.1. The van der Waals surface area contributed by atoms with Gasteiger partial charge in [-0.05, 0) is 29.9 Å². The summed E-state index contributed by atoms with van der Waals surface area (Å²) in [5.74, 6) is 0.442. The second-order valence-corrected chi connectivity index (χ2v) is 5.33. The van der Waals surface area contributed by atoms with E-state index < -0.39 is 11.7 Å². The van der Waals surface area contributed by atoms with Crippen LogP contribution in [0.5, 0.6) is 0 Å². The molecule has 1 nitrogen and oxygen atoms in total. The van der Waals surface area contributed by atoms with Crippen molar-refractivity contribution in [1.82, 2.24) is 5.32 Å². The number of halogens is 3. The summed E-state index contributed by atoms with van der Waals surface area (Å²) in [7, 11) is 0. The number of hydrogen-bond acceptors (Lipinski definition) is 1. The molecule has 0 atom stereocenters. The van der Waals surface area contributed by atoms with E-state index in [2.05, 4.69) is 19.2 Å². The highest BCUT2D eigenvalue weighted by Crippen LogP contribution is 2.49. The van der Waals surface area contributed by atoms with Gasteiger partial charge in [-0.1, -0.05) is 38.1 Å². The third-order valence-electron chi connectivity index (χ3n) is 3.57. The first kappa shape index (κ1) is 13.4. The van der Waals surface area contributed by atoms with E-state index in [1.807, 2.05) is 24.3 Å². The van der Waals surface area contributed by atoms with Crippen molar-refractivity contribution in [3.63, 3.8) is 0 Å². The van der Waals surface area contributed by atoms with Crippen LogP contribution in [-0.4, -0.2) is 11.7 Å². The molecule has 1 fully saturated rings. The largest absolute Gasteiger partial charge is 0.406 e. The number of rotatable bonds is 4. The van der Waals surface area contributed by atoms with E-state index >= 15 is 0 Å². The molecule has 100 valence electrons. The van der Waals surface area contributed by atoms with Gasteiger partial charge in [-0.2, -0.15) is 13.2 Å². The van der Waals surface area contributed by atoms with E-state index in [9.17, 15) is 13.2 Å². The van der Waals surface area contributed by atoms with Gasteiger partial charge in [0.2, 0.25) is 0 Å². The van der Waals surface area contributed by atoms with Crippen LogP contribution < -0.4 is 5.32 Å². The SMILES string of the molecule is CC(C)c1ccc(CNC2(C(F)(F)F)CC2)cc1. The van der Waals surface area contributed by atoms with Gasteiger partial charge in [0.1, 0.15) is 5.54 Å². The van der Waals surface area contributed by atoms with Crippen molar-refractivity contribution in [2.75, 3.05) is 0 Å². The number of hydrogen-bond donors (Lipinski definition) is 1. The van der Waals surface area contributed by atoms with E-state index in [0.717, 1.165) is 5.56 Å². The molecule has 0 radical (unpaired) electrons. The van der Waals surface area contributed by atoms with E-state index in [1.165, 1.54) is 5.56 Å². The van der Waals surface area contributed by atoms with Gasteiger partial charge in [0.05, 0.1) is 0 Å². The van der Waals surface area contributed by atoms with Crippen molar-refractivity contribution >= 4 is 0 Å². The molecule has 1 aromatic carbocycles. The maximum absolute atomic E-state index is 12.7. The summed E-state index contributed by atoms with van der Waals surface area (Å²) in [6.45, 7) is 4.46. The lowest BCUT2D eigenvalue weighted by atomic mass is 10.0. The third-order valence-corrected chi connectivity index (χ3v) is 3.57. The molecule has 1 aliphatic rings. The first-order chi connectivity index (χ1) is 8.34. The zero-order valence-electron chi connectivity index (χ0n) is 10.6. The molecule has 0 spiro atoms. The standard InChI is InChI=1S/C14H18F3N/c1-10(2)12-5-3-11(4-6-12)9-18-13(7-8-13)14(15,16)17/h3-6,10,18H,7-9H2,1-2H3. The van der Waals surface area contributed by atoms with Crippen LogP contribution in [0.2, 0.25) is 0 Å². The number of benzene rings is 1. The summed E-state index contributed by atoms with van der Waals surface area (Å²) in [6.07, 6.45) is -3.74. The highest BCUT2D eigenvalue weighted by atomic mass is 19.4. The monoisotopic (exact) mass is 257 g/mol. The van der Waals surface area contributed by atoms with Gasteiger partial charge in [-0.15, -0.1) is 0 Å². The Morgan fingerprint density at radius 1 is 1.17 bits per heavy atom. The van der Waals surface area contributed by atoms with Crippen molar-refractivity contribution in [2.45, 2.75) is 50.9 Å². The minimum absolute atomic E-state index is 0.195. The zero-order valence-corrected chi connectivity index (χ0v) is 10.6. The zero-order chi connectivity index (χ0) is 13.4. The summed E-state index contributed by atoms with van der Waals surface area (Å²) in [5.41, 5.74) is 0.481. The molecule has 0 aromatic heterocycles. The topological polar surface area (TPSA) is 12.0 Å². The Bertz CT molecular complexity index is 402. The third kappa shape index (κ3) is 2.69. The molecule has 1 aliphatic carbocycles. The smallest absolute Gasteiger partial charge is 0.299 e. The molecule has 0 unspecified atom stereocenters. The molecular weight excluding hydrogens is 239 g/mol. The van der Waals surface area contributed by atoms with Crippen LogP contribution in [0.15, 0.2) is 24.3 Å². The van der Waals surface area contributed by atoms with Gasteiger partial charge in [-0.3, -0.25) is 5.32 Å². The van der Waals surface area contributed by atoms with Crippen LogP contribution in [0, 0.1) is 0 Å². The first-order valence-electron chi connectivity index (χ1n) is 6.25. The normalized spacial score (nSPS) is 18.1. The van der Waals surface area contributed by atoms with Gasteiger partial charge >= 0.3 is 6.18 Å². The average molecular weight is 257 g/mol. The number of alkyl halides is 3. The molecule has 1 aromatic rings. The highest BCUT2D eigenvalue weighted by Gasteiger charge is 2.62. The second kappa shape index (κ2) is 4.57. The Hall–Kier alpha value is -1.03. The number of nitrogens with one attached hydrogen (secondary N) is 1. The Labute approximate surface area is 105 Å². The maximum atomic E-state index is 12.7. The minimum atomic E-state index is -4.13. The summed E-state index contributed by atoms with van der Waals surface area (Å²) >= 11 is 0. The molecule has 0 bridgehead atoms. The molecule has 0 aliphatic heterocycles. The highest BCUT2D eigenvalue weighted by molar-refractivity contribution is 5.25. The molecule has 4 heteroatoms. The van der Waals surface area contributed by atoms with Crippen LogP contribution >= 0.6 is 0 Å². The fourth-order valence-corrected chi connectivity index (χ4v) is 1.98. The van der Waals surface area contributed by atoms with Crippen LogP contribution in [0.25, 0.3) is 0 Å². The fraction of sp³-hybridized carbons (Fsp3) is 0.571. The first-order valence-corrected chi connectivity index (χ1v) is 6.25. The van der Waals surface area contributed by atoms with E-state index in [1.54, 1.807) is 0 Å². The van der Waals surface area contributed by atoms with Crippen molar-refractivity contribution in [1.29, 1.82) is 0 Å². The van der Waals surface area contributed by atoms with Gasteiger partial charge < -0.3 is 0 Å². The van der Waals surface area contributed by atoms with Gasteiger partial charge in [0.25, 0.3) is 0 Å². The van der Waals surface area contributed by atoms with Crippen molar-refractivity contribution < 1.29 is 13.2 Å². The predicted octanol–water partition coefficient (Wildman–Crippen LogP) is 3.99. The lowest BCUT2D eigenvalue weighted by Crippen LogP contribution is -2.44. The molecule has 18 heavy (non-hydrogen) atoms. The van der Waals surface area contributed by atoms with Crippen LogP contribution in [0.1, 0.15) is 43.7 Å². The van der Waals surface area contributed by atoms with Crippen LogP contribution in [0.4, 0.5) is 13.2 Å². The summed E-state index contributed by atoms with van der Waals surface area (Å²) in [5, 5.41) is 2.65. The molecule has 2 rings (SSSR count). The molecule has 1 saturated carbocycles. The second-order valence-electron chi connectivity index (χ2n) is 5.33. The Morgan fingerprint density at radius 2 is 1.72 bits per heavy atom. The summed E-state index contributed by atoms with van der Waals surface area (Å²) in [4.78, 5) is 0. The summed E-state index contributed by atoms with van der Waals surface area (Å²) in [6, 6.07) is 7.76. The molecular formula is C14H18F3N. The van der Waals surface area contributed by atoms with Crippen LogP contribution in [0.3, 0.4) is 0 Å². The quantitative estimate of drug-likeness (QED) is 0.859. The van der Waals surface area contributed by atoms with Crippen LogP contribution in [-0.2, 0) is 6.54 Å². The Kier molecular flexibility index (Phi) is 3.41. The lowest BCUT2D eigenvalue weighted by Gasteiger charge is -2.20. The van der Waals surface area contributed by atoms with Gasteiger partial charge in [-0.25, -0.2) is 0 Å². The Morgan fingerprint density at radius 3 is 2.11 bits per heavy atom. The molecule has 0 heterocycles. The van der Waals surface area contributed by atoms with E-state index in [0.29, 0.717) is 5.92 Å². The van der Waals surface area contributed by atoms with E-state index in [4.69, 9.17) is 0 Å². The molecule has 1 N–H and O–H groups in total. The van der Waals surface area contributed by atoms with Crippen molar-refractivity contribution in [3.05, 3.63) is 35.4 Å².